The van der Waals surface area contributed by atoms with Crippen LogP contribution < -0.4 is 27.8 Å². The molecule has 1 aromatic rings. The molecular formula is C29H45N5O6. The number of ketones is 1. The highest BCUT2D eigenvalue weighted by Crippen LogP contribution is 2.37. The summed E-state index contributed by atoms with van der Waals surface area (Å²) < 4.78 is 5.53. The first-order valence-electron chi connectivity index (χ1n) is 14.1. The topological polar surface area (TPSA) is 175 Å². The van der Waals surface area contributed by atoms with E-state index in [2.05, 4.69) is 16.2 Å². The molecule has 1 fully saturated rings. The molecule has 0 aliphatic carbocycles. The Labute approximate surface area is 236 Å². The number of hydrogen-bond acceptors (Lipinski definition) is 7. The molecule has 5 atom stereocenters. The van der Waals surface area contributed by atoms with Crippen molar-refractivity contribution in [2.45, 2.75) is 84.5 Å². The van der Waals surface area contributed by atoms with Gasteiger partial charge >= 0.3 is 6.03 Å². The van der Waals surface area contributed by atoms with Crippen LogP contribution in [0.15, 0.2) is 36.4 Å². The number of nitrogens with one attached hydrogen (secondary N) is 3. The summed E-state index contributed by atoms with van der Waals surface area (Å²) in [6.07, 6.45) is 6.93. The molecule has 1 aliphatic rings. The Balaban J connectivity index is 2.49. The van der Waals surface area contributed by atoms with E-state index in [1.165, 1.54) is 0 Å². The third kappa shape index (κ3) is 9.42. The Morgan fingerprint density at radius 3 is 2.48 bits per heavy atom. The minimum atomic E-state index is -1.58. The van der Waals surface area contributed by atoms with E-state index in [0.717, 1.165) is 18.4 Å². The van der Waals surface area contributed by atoms with Crippen molar-refractivity contribution in [2.24, 2.45) is 28.8 Å². The smallest absolute Gasteiger partial charge is 0.312 e. The van der Waals surface area contributed by atoms with Gasteiger partial charge in [0.1, 0.15) is 11.5 Å². The molecular weight excluding hydrogens is 514 g/mol. The summed E-state index contributed by atoms with van der Waals surface area (Å²) in [5, 5.41) is 2.47. The molecule has 0 radical (unpaired) electrons. The molecule has 1 aliphatic heterocycles. The van der Waals surface area contributed by atoms with Gasteiger partial charge in [-0.05, 0) is 43.6 Å². The van der Waals surface area contributed by atoms with Crippen LogP contribution in [0.3, 0.4) is 0 Å². The quantitative estimate of drug-likeness (QED) is 0.0895. The molecule has 0 spiro atoms. The van der Waals surface area contributed by atoms with Gasteiger partial charge in [-0.2, -0.15) is 0 Å². The van der Waals surface area contributed by atoms with E-state index in [4.69, 9.17) is 21.2 Å². The maximum absolute atomic E-state index is 14.4. The molecule has 11 nitrogen and oxygen atoms in total. The number of allylic oxidation sites excluding steroid dienone is 1. The van der Waals surface area contributed by atoms with Crippen molar-refractivity contribution < 1.29 is 28.8 Å². The fourth-order valence-electron chi connectivity index (χ4n) is 5.06. The van der Waals surface area contributed by atoms with Gasteiger partial charge in [-0.1, -0.05) is 76.1 Å². The van der Waals surface area contributed by atoms with Crippen molar-refractivity contribution in [3.63, 3.8) is 0 Å². The summed E-state index contributed by atoms with van der Waals surface area (Å²) in [6.45, 7) is 6.25. The molecule has 0 bridgehead atoms. The zero-order valence-corrected chi connectivity index (χ0v) is 23.8. The first kappa shape index (κ1) is 32.9. The maximum Gasteiger partial charge on any atom is 0.312 e. The lowest BCUT2D eigenvalue weighted by Gasteiger charge is -2.37. The van der Waals surface area contributed by atoms with Crippen LogP contribution in [0.5, 0.6) is 0 Å². The van der Waals surface area contributed by atoms with Crippen molar-refractivity contribution in [1.82, 2.24) is 16.2 Å². The van der Waals surface area contributed by atoms with Crippen molar-refractivity contribution in [3.05, 3.63) is 42.0 Å². The predicted octanol–water partition coefficient (Wildman–Crippen LogP) is 3.10. The van der Waals surface area contributed by atoms with Gasteiger partial charge in [-0.15, -0.1) is 0 Å². The van der Waals surface area contributed by atoms with Gasteiger partial charge in [0, 0.05) is 13.0 Å². The molecule has 40 heavy (non-hydrogen) atoms. The number of primary amides is 1. The minimum Gasteiger partial charge on any atom is -0.352 e. The van der Waals surface area contributed by atoms with Gasteiger partial charge in [-0.3, -0.25) is 19.8 Å². The third-order valence-corrected chi connectivity index (χ3v) is 7.36. The number of rotatable bonds is 16. The summed E-state index contributed by atoms with van der Waals surface area (Å²) in [6, 6.07) is 7.00. The summed E-state index contributed by atoms with van der Waals surface area (Å²) in [5.41, 5.74) is 9.38. The molecule has 3 unspecified atom stereocenters. The number of carbonyl (C=O) groups is 4. The molecule has 1 heterocycles. The number of carbonyl (C=O) groups excluding carboxylic acids is 4. The van der Waals surface area contributed by atoms with E-state index >= 15 is 0 Å². The Morgan fingerprint density at radius 2 is 1.90 bits per heavy atom. The molecule has 4 amide bonds. The monoisotopic (exact) mass is 559 g/mol. The number of benzene rings is 1. The number of hydrazine groups is 1. The highest BCUT2D eigenvalue weighted by atomic mass is 16.8. The van der Waals surface area contributed by atoms with Crippen LogP contribution in [0, 0.1) is 17.3 Å². The minimum absolute atomic E-state index is 0.0148. The maximum atomic E-state index is 14.4. The van der Waals surface area contributed by atoms with Crippen molar-refractivity contribution in [3.8, 4) is 0 Å². The SMILES string of the molecule is CCCC(CC(C)CC)(C(=O)NN)C(=O)[C@H](NC(N)=O)[C@H](C/C=C/c1ccccc1)C(=O)NOC1CCCCO1. The second-order valence-electron chi connectivity index (χ2n) is 10.4. The van der Waals surface area contributed by atoms with Crippen molar-refractivity contribution in [1.29, 1.82) is 0 Å². The van der Waals surface area contributed by atoms with Crippen molar-refractivity contribution in [2.75, 3.05) is 6.61 Å². The lowest BCUT2D eigenvalue weighted by molar-refractivity contribution is -0.202. The third-order valence-electron chi connectivity index (χ3n) is 7.36. The summed E-state index contributed by atoms with van der Waals surface area (Å²) in [7, 11) is 0. The Hall–Kier alpha value is -3.28. The van der Waals surface area contributed by atoms with E-state index in [-0.39, 0.29) is 25.2 Å². The molecule has 0 saturated carbocycles. The standard InChI is InChI=1S/C29H45N5O6/c1-4-17-29(27(37)33-31,19-20(3)5-2)25(35)24(32-28(30)38)22(15-11-14-21-12-7-6-8-13-21)26(36)34-40-23-16-9-10-18-39-23/h6-8,11-14,20,22-24H,4-5,9-10,15-19,31H2,1-3H3,(H,33,37)(H,34,36)(H3,30,32,38)/b14-11+/t20?,22-,23?,24+,29?/m0/s1. The first-order valence-corrected chi connectivity index (χ1v) is 14.1. The second-order valence-corrected chi connectivity index (χ2v) is 10.4. The number of nitrogens with two attached hydrogens (primary N) is 2. The Morgan fingerprint density at radius 1 is 1.18 bits per heavy atom. The van der Waals surface area contributed by atoms with Crippen LogP contribution in [-0.4, -0.2) is 42.6 Å². The fourth-order valence-corrected chi connectivity index (χ4v) is 5.06. The zero-order chi connectivity index (χ0) is 29.5. The van der Waals surface area contributed by atoms with Crippen LogP contribution in [0.25, 0.3) is 6.08 Å². The van der Waals surface area contributed by atoms with Crippen LogP contribution in [0.4, 0.5) is 4.79 Å². The number of hydroxylamine groups is 1. The number of amides is 4. The summed E-state index contributed by atoms with van der Waals surface area (Å²) >= 11 is 0. The van der Waals surface area contributed by atoms with Gasteiger partial charge in [0.2, 0.25) is 11.8 Å². The van der Waals surface area contributed by atoms with Crippen LogP contribution in [0.1, 0.15) is 77.7 Å². The number of ether oxygens (including phenoxy) is 1. The molecule has 2 rings (SSSR count). The summed E-state index contributed by atoms with van der Waals surface area (Å²) in [5.74, 6) is 2.46. The molecule has 1 saturated heterocycles. The average Bonchev–Trinajstić information content (AvgIpc) is 2.96. The lowest BCUT2D eigenvalue weighted by atomic mass is 9.68. The first-order chi connectivity index (χ1) is 19.2. The van der Waals surface area contributed by atoms with E-state index in [1.54, 1.807) is 6.08 Å². The highest BCUT2D eigenvalue weighted by molar-refractivity contribution is 6.10. The van der Waals surface area contributed by atoms with E-state index < -0.39 is 47.3 Å². The number of hydrogen-bond donors (Lipinski definition) is 5. The van der Waals surface area contributed by atoms with Crippen LogP contribution in [-0.2, 0) is 24.0 Å². The van der Waals surface area contributed by atoms with Gasteiger partial charge in [-0.25, -0.2) is 21.0 Å². The Kier molecular flexibility index (Phi) is 13.8. The fraction of sp³-hybridized carbons (Fsp3) is 0.586. The molecule has 0 aromatic heterocycles. The largest absolute Gasteiger partial charge is 0.352 e. The molecule has 1 aromatic carbocycles. The zero-order valence-electron chi connectivity index (χ0n) is 23.8. The predicted molar refractivity (Wildman–Crippen MR) is 152 cm³/mol. The van der Waals surface area contributed by atoms with Crippen LogP contribution in [0.2, 0.25) is 0 Å². The molecule has 222 valence electrons. The van der Waals surface area contributed by atoms with E-state index in [0.29, 0.717) is 25.9 Å². The van der Waals surface area contributed by atoms with Gasteiger partial charge in [0.25, 0.3) is 0 Å². The second kappa shape index (κ2) is 16.7. The van der Waals surface area contributed by atoms with Gasteiger partial charge in [0.15, 0.2) is 12.1 Å². The highest BCUT2D eigenvalue weighted by Gasteiger charge is 2.51. The lowest BCUT2D eigenvalue weighted by Crippen LogP contribution is -2.60. The van der Waals surface area contributed by atoms with E-state index in [9.17, 15) is 19.2 Å². The van der Waals surface area contributed by atoms with Crippen LogP contribution >= 0.6 is 0 Å². The molecule has 11 heteroatoms. The Bertz CT molecular complexity index is 998. The van der Waals surface area contributed by atoms with Crippen molar-refractivity contribution >= 4 is 29.7 Å². The van der Waals surface area contributed by atoms with Gasteiger partial charge in [0.05, 0.1) is 5.92 Å². The average molecular weight is 560 g/mol. The summed E-state index contributed by atoms with van der Waals surface area (Å²) in [4.78, 5) is 58.9. The van der Waals surface area contributed by atoms with E-state index in [1.807, 2.05) is 57.2 Å². The number of Topliss-reactive ketones (excluding diaryl/α,β-unsaturated/α-hetero) is 1. The number of urea groups is 1. The van der Waals surface area contributed by atoms with Gasteiger partial charge < -0.3 is 15.8 Å². The molecule has 7 N–H and O–H groups in total. The normalized spacial score (nSPS) is 19.1.